The van der Waals surface area contributed by atoms with Gasteiger partial charge in [0.05, 0.1) is 0 Å². The Morgan fingerprint density at radius 2 is 2.27 bits per heavy atom. The number of halogens is 1. The average molecular weight is 171 g/mol. The quantitative estimate of drug-likeness (QED) is 0.663. The zero-order valence-electron chi connectivity index (χ0n) is 6.39. The largest absolute Gasteiger partial charge is 0.398 e. The van der Waals surface area contributed by atoms with Gasteiger partial charge in [-0.1, -0.05) is 17.7 Å². The van der Waals surface area contributed by atoms with E-state index < -0.39 is 0 Å². The molecule has 0 saturated heterocycles. The van der Waals surface area contributed by atoms with Gasteiger partial charge in [-0.05, 0) is 19.2 Å². The Morgan fingerprint density at radius 1 is 1.55 bits per heavy atom. The van der Waals surface area contributed by atoms with Crippen LogP contribution in [-0.4, -0.2) is 7.05 Å². The molecule has 0 saturated carbocycles. The van der Waals surface area contributed by atoms with Gasteiger partial charge in [-0.3, -0.25) is 0 Å². The van der Waals surface area contributed by atoms with Crippen LogP contribution in [0, 0.1) is 0 Å². The van der Waals surface area contributed by atoms with Gasteiger partial charge in [-0.15, -0.1) is 0 Å². The lowest BCUT2D eigenvalue weighted by atomic mass is 10.2. The van der Waals surface area contributed by atoms with Gasteiger partial charge in [-0.2, -0.15) is 0 Å². The van der Waals surface area contributed by atoms with Crippen molar-refractivity contribution in [1.29, 1.82) is 0 Å². The predicted octanol–water partition coefficient (Wildman–Crippen LogP) is 1.64. The zero-order chi connectivity index (χ0) is 8.27. The third-order valence-corrected chi connectivity index (χ3v) is 1.86. The third kappa shape index (κ3) is 1.85. The topological polar surface area (TPSA) is 38.0 Å². The van der Waals surface area contributed by atoms with Crippen LogP contribution in [0.3, 0.4) is 0 Å². The second-order valence-corrected chi connectivity index (χ2v) is 2.75. The van der Waals surface area contributed by atoms with Crippen molar-refractivity contribution < 1.29 is 0 Å². The molecular formula is C8H11ClN2. The summed E-state index contributed by atoms with van der Waals surface area (Å²) in [6, 6.07) is 5.53. The van der Waals surface area contributed by atoms with Crippen LogP contribution in [0.25, 0.3) is 0 Å². The van der Waals surface area contributed by atoms with Crippen molar-refractivity contribution in [2.75, 3.05) is 12.8 Å². The summed E-state index contributed by atoms with van der Waals surface area (Å²) < 4.78 is 0. The number of nitrogen functional groups attached to an aromatic ring is 1. The molecule has 0 amide bonds. The molecule has 0 aromatic heterocycles. The smallest absolute Gasteiger partial charge is 0.0471 e. The molecule has 0 aliphatic heterocycles. The zero-order valence-corrected chi connectivity index (χ0v) is 7.15. The van der Waals surface area contributed by atoms with E-state index in [9.17, 15) is 0 Å². The number of rotatable bonds is 2. The van der Waals surface area contributed by atoms with Gasteiger partial charge in [0, 0.05) is 22.8 Å². The number of nitrogens with two attached hydrogens (primary N) is 1. The van der Waals surface area contributed by atoms with Crippen LogP contribution >= 0.6 is 11.6 Å². The second kappa shape index (κ2) is 3.60. The maximum atomic E-state index is 5.89. The normalized spacial score (nSPS) is 10.0. The first-order valence-electron chi connectivity index (χ1n) is 3.43. The Bertz CT molecular complexity index is 228. The highest BCUT2D eigenvalue weighted by Gasteiger charge is 2.01. The molecule has 0 fully saturated rings. The van der Waals surface area contributed by atoms with Gasteiger partial charge in [0.2, 0.25) is 0 Å². The third-order valence-electron chi connectivity index (χ3n) is 1.51. The van der Waals surface area contributed by atoms with Crippen molar-refractivity contribution >= 4 is 17.3 Å². The lowest BCUT2D eigenvalue weighted by molar-refractivity contribution is 0.820. The molecule has 2 nitrogen and oxygen atoms in total. The second-order valence-electron chi connectivity index (χ2n) is 2.34. The first-order valence-corrected chi connectivity index (χ1v) is 3.81. The SMILES string of the molecule is CNCc1c(N)cccc1Cl. The average Bonchev–Trinajstić information content (AvgIpc) is 1.97. The number of hydrogen-bond donors (Lipinski definition) is 2. The molecule has 0 radical (unpaired) electrons. The summed E-state index contributed by atoms with van der Waals surface area (Å²) in [5.74, 6) is 0. The summed E-state index contributed by atoms with van der Waals surface area (Å²) in [7, 11) is 1.86. The molecular weight excluding hydrogens is 160 g/mol. The Hall–Kier alpha value is -0.730. The van der Waals surface area contributed by atoms with E-state index in [2.05, 4.69) is 5.32 Å². The molecule has 1 aromatic rings. The van der Waals surface area contributed by atoms with Crippen molar-refractivity contribution in [2.24, 2.45) is 0 Å². The van der Waals surface area contributed by atoms with Gasteiger partial charge >= 0.3 is 0 Å². The van der Waals surface area contributed by atoms with E-state index in [0.29, 0.717) is 6.54 Å². The fourth-order valence-corrected chi connectivity index (χ4v) is 1.19. The van der Waals surface area contributed by atoms with E-state index in [1.54, 1.807) is 0 Å². The minimum absolute atomic E-state index is 0.714. The molecule has 0 heterocycles. The molecule has 3 heteroatoms. The highest BCUT2D eigenvalue weighted by Crippen LogP contribution is 2.21. The molecule has 1 aromatic carbocycles. The number of nitrogens with one attached hydrogen (secondary N) is 1. The van der Waals surface area contributed by atoms with E-state index in [-0.39, 0.29) is 0 Å². The minimum atomic E-state index is 0.714. The maximum absolute atomic E-state index is 5.89. The van der Waals surface area contributed by atoms with E-state index in [1.165, 1.54) is 0 Å². The molecule has 0 atom stereocenters. The van der Waals surface area contributed by atoms with Crippen molar-refractivity contribution in [1.82, 2.24) is 5.32 Å². The van der Waals surface area contributed by atoms with Crippen LogP contribution < -0.4 is 11.1 Å². The summed E-state index contributed by atoms with van der Waals surface area (Å²) >= 11 is 5.89. The van der Waals surface area contributed by atoms with Gasteiger partial charge in [0.25, 0.3) is 0 Å². The summed E-state index contributed by atoms with van der Waals surface area (Å²) in [4.78, 5) is 0. The fraction of sp³-hybridized carbons (Fsp3) is 0.250. The van der Waals surface area contributed by atoms with Gasteiger partial charge in [0.15, 0.2) is 0 Å². The summed E-state index contributed by atoms with van der Waals surface area (Å²) in [5.41, 5.74) is 7.39. The number of anilines is 1. The molecule has 60 valence electrons. The monoisotopic (exact) mass is 170 g/mol. The van der Waals surface area contributed by atoms with Crippen LogP contribution in [0.4, 0.5) is 5.69 Å². The maximum Gasteiger partial charge on any atom is 0.0471 e. The van der Waals surface area contributed by atoms with E-state index in [4.69, 9.17) is 17.3 Å². The van der Waals surface area contributed by atoms with Crippen molar-refractivity contribution in [2.45, 2.75) is 6.54 Å². The highest BCUT2D eigenvalue weighted by atomic mass is 35.5. The lowest BCUT2D eigenvalue weighted by Crippen LogP contribution is -2.07. The van der Waals surface area contributed by atoms with Gasteiger partial charge < -0.3 is 11.1 Å². The van der Waals surface area contributed by atoms with Crippen molar-refractivity contribution in [3.63, 3.8) is 0 Å². The van der Waals surface area contributed by atoms with Crippen molar-refractivity contribution in [3.05, 3.63) is 28.8 Å². The predicted molar refractivity (Wildman–Crippen MR) is 48.6 cm³/mol. The Morgan fingerprint density at radius 3 is 2.82 bits per heavy atom. The molecule has 0 bridgehead atoms. The van der Waals surface area contributed by atoms with Crippen LogP contribution in [-0.2, 0) is 6.54 Å². The van der Waals surface area contributed by atoms with Crippen LogP contribution in [0.1, 0.15) is 5.56 Å². The van der Waals surface area contributed by atoms with Gasteiger partial charge in [-0.25, -0.2) is 0 Å². The lowest BCUT2D eigenvalue weighted by Gasteiger charge is -2.05. The van der Waals surface area contributed by atoms with Crippen LogP contribution in [0.2, 0.25) is 5.02 Å². The number of benzene rings is 1. The van der Waals surface area contributed by atoms with Crippen LogP contribution in [0.5, 0.6) is 0 Å². The van der Waals surface area contributed by atoms with Crippen LogP contribution in [0.15, 0.2) is 18.2 Å². The fourth-order valence-electron chi connectivity index (χ4n) is 0.939. The molecule has 0 spiro atoms. The Kier molecular flexibility index (Phi) is 2.74. The Balaban J connectivity index is 3.00. The summed E-state index contributed by atoms with van der Waals surface area (Å²) in [6.07, 6.45) is 0. The highest BCUT2D eigenvalue weighted by molar-refractivity contribution is 6.31. The molecule has 0 aliphatic rings. The Labute approximate surface area is 71.4 Å². The molecule has 0 unspecified atom stereocenters. The van der Waals surface area contributed by atoms with Crippen molar-refractivity contribution in [3.8, 4) is 0 Å². The van der Waals surface area contributed by atoms with E-state index >= 15 is 0 Å². The molecule has 1 rings (SSSR count). The molecule has 11 heavy (non-hydrogen) atoms. The first kappa shape index (κ1) is 8.37. The first-order chi connectivity index (χ1) is 5.25. The van der Waals surface area contributed by atoms with Gasteiger partial charge in [0.1, 0.15) is 0 Å². The summed E-state index contributed by atoms with van der Waals surface area (Å²) in [5, 5.41) is 3.72. The van der Waals surface area contributed by atoms with E-state index in [1.807, 2.05) is 25.2 Å². The number of hydrogen-bond acceptors (Lipinski definition) is 2. The molecule has 3 N–H and O–H groups in total. The standard InChI is InChI=1S/C8H11ClN2/c1-11-5-6-7(9)3-2-4-8(6)10/h2-4,11H,5,10H2,1H3. The minimum Gasteiger partial charge on any atom is -0.398 e. The summed E-state index contributed by atoms with van der Waals surface area (Å²) in [6.45, 7) is 0.714. The molecule has 0 aliphatic carbocycles. The van der Waals surface area contributed by atoms with E-state index in [0.717, 1.165) is 16.3 Å².